The fourth-order valence-corrected chi connectivity index (χ4v) is 3.72. The Balaban J connectivity index is 1.64. The van der Waals surface area contributed by atoms with Crippen molar-refractivity contribution in [3.8, 4) is 5.75 Å². The summed E-state index contributed by atoms with van der Waals surface area (Å²) in [5.74, 6) is -1.90. The van der Waals surface area contributed by atoms with Crippen LogP contribution < -0.4 is 15.8 Å². The number of aryl methyl sites for hydroxylation is 1. The van der Waals surface area contributed by atoms with Gasteiger partial charge in [0.15, 0.2) is 0 Å². The first-order valence-corrected chi connectivity index (χ1v) is 10.7. The Kier molecular flexibility index (Phi) is 6.85. The molecule has 1 amide bonds. The molecule has 11 heteroatoms. The summed E-state index contributed by atoms with van der Waals surface area (Å²) in [5.41, 5.74) is 5.24. The van der Waals surface area contributed by atoms with Crippen molar-refractivity contribution < 1.29 is 27.4 Å². The van der Waals surface area contributed by atoms with E-state index < -0.39 is 23.3 Å². The molecule has 0 unspecified atom stereocenters. The molecule has 1 aromatic heterocycles. The highest BCUT2D eigenvalue weighted by Crippen LogP contribution is 2.35. The molecule has 0 atom stereocenters. The normalized spacial score (nSPS) is 14.8. The van der Waals surface area contributed by atoms with E-state index in [-0.39, 0.29) is 28.0 Å². The quantitative estimate of drug-likeness (QED) is 0.483. The van der Waals surface area contributed by atoms with Crippen LogP contribution in [0.5, 0.6) is 5.75 Å². The predicted molar refractivity (Wildman–Crippen MR) is 119 cm³/mol. The standard InChI is InChI=1S/C23H24F3N5O3/c1-14-2-3-18(19(24)10-14)23(25,26)30-22-17-12-15(34-9-6-31-4-7-33-8-5-31)11-16(21(27)32)20(17)28-13-29-22/h2-3,10-13H,4-9H2,1H3,(H2,27,32)(H,28,29,30). The predicted octanol–water partition coefficient (Wildman–Crippen LogP) is 3.05. The molecule has 0 radical (unpaired) electrons. The number of fused-ring (bicyclic) bond motifs is 1. The Morgan fingerprint density at radius 1 is 1.24 bits per heavy atom. The van der Waals surface area contributed by atoms with Crippen LogP contribution in [0.2, 0.25) is 0 Å². The van der Waals surface area contributed by atoms with Gasteiger partial charge < -0.3 is 20.5 Å². The summed E-state index contributed by atoms with van der Waals surface area (Å²) < 4.78 is 55.3. The smallest absolute Gasteiger partial charge is 0.354 e. The first-order chi connectivity index (χ1) is 16.2. The summed E-state index contributed by atoms with van der Waals surface area (Å²) in [7, 11) is 0. The third kappa shape index (κ3) is 5.20. The molecule has 0 spiro atoms. The third-order valence-corrected chi connectivity index (χ3v) is 5.50. The van der Waals surface area contributed by atoms with Gasteiger partial charge in [-0.05, 0) is 36.8 Å². The molecular weight excluding hydrogens is 451 g/mol. The van der Waals surface area contributed by atoms with E-state index in [4.69, 9.17) is 15.2 Å². The van der Waals surface area contributed by atoms with E-state index in [0.29, 0.717) is 31.9 Å². The van der Waals surface area contributed by atoms with E-state index in [9.17, 15) is 18.0 Å². The van der Waals surface area contributed by atoms with Gasteiger partial charge in [0.25, 0.3) is 5.91 Å². The van der Waals surface area contributed by atoms with E-state index in [1.807, 2.05) is 5.32 Å². The molecule has 1 saturated heterocycles. The average molecular weight is 475 g/mol. The second-order valence-corrected chi connectivity index (χ2v) is 7.94. The number of hydrogen-bond acceptors (Lipinski definition) is 7. The maximum absolute atomic E-state index is 15.0. The summed E-state index contributed by atoms with van der Waals surface area (Å²) in [6.45, 7) is 5.36. The van der Waals surface area contributed by atoms with Gasteiger partial charge in [0.2, 0.25) is 0 Å². The fourth-order valence-electron chi connectivity index (χ4n) is 3.72. The molecule has 34 heavy (non-hydrogen) atoms. The molecule has 0 saturated carbocycles. The number of benzene rings is 2. The molecule has 3 N–H and O–H groups in total. The lowest BCUT2D eigenvalue weighted by Gasteiger charge is -2.26. The maximum atomic E-state index is 15.0. The van der Waals surface area contributed by atoms with Crippen molar-refractivity contribution in [2.75, 3.05) is 44.8 Å². The van der Waals surface area contributed by atoms with Gasteiger partial charge >= 0.3 is 6.05 Å². The van der Waals surface area contributed by atoms with Crippen LogP contribution in [0.4, 0.5) is 19.0 Å². The number of hydrogen-bond donors (Lipinski definition) is 2. The number of ether oxygens (including phenoxy) is 2. The van der Waals surface area contributed by atoms with Gasteiger partial charge in [-0.1, -0.05) is 6.07 Å². The molecule has 180 valence electrons. The van der Waals surface area contributed by atoms with Crippen molar-refractivity contribution in [2.24, 2.45) is 5.73 Å². The SMILES string of the molecule is Cc1ccc(C(F)(F)Nc2ncnc3c(C(N)=O)cc(OCCN4CCOCC4)cc23)c(F)c1. The molecular formula is C23H24F3N5O3. The van der Waals surface area contributed by atoms with Crippen LogP contribution in [0.25, 0.3) is 10.9 Å². The Bertz CT molecular complexity index is 1200. The van der Waals surface area contributed by atoms with E-state index in [1.54, 1.807) is 6.92 Å². The van der Waals surface area contributed by atoms with Crippen molar-refractivity contribution in [3.05, 3.63) is 59.2 Å². The summed E-state index contributed by atoms with van der Waals surface area (Å²) in [4.78, 5) is 22.2. The minimum absolute atomic E-state index is 0.00541. The van der Waals surface area contributed by atoms with Crippen molar-refractivity contribution in [1.29, 1.82) is 0 Å². The minimum Gasteiger partial charge on any atom is -0.492 e. The molecule has 2 aromatic carbocycles. The van der Waals surface area contributed by atoms with E-state index in [2.05, 4.69) is 14.9 Å². The van der Waals surface area contributed by atoms with Crippen LogP contribution in [0.3, 0.4) is 0 Å². The molecule has 1 aliphatic heterocycles. The Labute approximate surface area is 193 Å². The van der Waals surface area contributed by atoms with Crippen molar-refractivity contribution >= 4 is 22.6 Å². The molecule has 8 nitrogen and oxygen atoms in total. The highest BCUT2D eigenvalue weighted by Gasteiger charge is 2.35. The third-order valence-electron chi connectivity index (χ3n) is 5.50. The van der Waals surface area contributed by atoms with Gasteiger partial charge in [-0.3, -0.25) is 9.69 Å². The number of primary amides is 1. The first kappa shape index (κ1) is 23.7. The molecule has 1 aliphatic rings. The summed E-state index contributed by atoms with van der Waals surface area (Å²) in [6, 6.07) is 2.49. The van der Waals surface area contributed by atoms with Gasteiger partial charge in [0.1, 0.15) is 30.3 Å². The monoisotopic (exact) mass is 475 g/mol. The molecule has 0 bridgehead atoms. The van der Waals surface area contributed by atoms with Gasteiger partial charge in [-0.2, -0.15) is 8.78 Å². The number of nitrogens with zero attached hydrogens (tertiary/aromatic N) is 3. The number of carbonyl (C=O) groups excluding carboxylic acids is 1. The number of alkyl halides is 2. The molecule has 1 fully saturated rings. The van der Waals surface area contributed by atoms with Crippen molar-refractivity contribution in [3.63, 3.8) is 0 Å². The fraction of sp³-hybridized carbons (Fsp3) is 0.348. The van der Waals surface area contributed by atoms with Crippen LogP contribution in [0, 0.1) is 12.7 Å². The number of morpholine rings is 1. The second-order valence-electron chi connectivity index (χ2n) is 7.94. The summed E-state index contributed by atoms with van der Waals surface area (Å²) in [5, 5.41) is 2.07. The van der Waals surface area contributed by atoms with Crippen molar-refractivity contribution in [1.82, 2.24) is 14.9 Å². The number of nitrogens with one attached hydrogen (secondary N) is 1. The van der Waals surface area contributed by atoms with E-state index in [0.717, 1.165) is 31.5 Å². The second kappa shape index (κ2) is 9.82. The van der Waals surface area contributed by atoms with E-state index in [1.165, 1.54) is 18.2 Å². The molecule has 0 aliphatic carbocycles. The zero-order valence-corrected chi connectivity index (χ0v) is 18.5. The lowest BCUT2D eigenvalue weighted by molar-refractivity contribution is 0.0243. The number of carbonyl (C=O) groups is 1. The molecule has 4 rings (SSSR count). The van der Waals surface area contributed by atoms with Crippen LogP contribution in [0.1, 0.15) is 21.5 Å². The van der Waals surface area contributed by atoms with Crippen LogP contribution in [0.15, 0.2) is 36.7 Å². The number of rotatable bonds is 8. The Morgan fingerprint density at radius 3 is 2.71 bits per heavy atom. The number of anilines is 1. The maximum Gasteiger partial charge on any atom is 0.354 e. The number of halogens is 3. The lowest BCUT2D eigenvalue weighted by atomic mass is 10.1. The topological polar surface area (TPSA) is 103 Å². The van der Waals surface area contributed by atoms with Crippen molar-refractivity contribution in [2.45, 2.75) is 13.0 Å². The van der Waals surface area contributed by atoms with Crippen LogP contribution >= 0.6 is 0 Å². The van der Waals surface area contributed by atoms with Crippen LogP contribution in [-0.2, 0) is 10.8 Å². The minimum atomic E-state index is -3.79. The number of aromatic nitrogens is 2. The zero-order valence-electron chi connectivity index (χ0n) is 18.5. The van der Waals surface area contributed by atoms with Gasteiger partial charge in [0, 0.05) is 25.0 Å². The molecule has 2 heterocycles. The largest absolute Gasteiger partial charge is 0.492 e. The molecule has 3 aromatic rings. The number of amides is 1. The van der Waals surface area contributed by atoms with Gasteiger partial charge in [0.05, 0.1) is 29.9 Å². The Morgan fingerprint density at radius 2 is 2.00 bits per heavy atom. The summed E-state index contributed by atoms with van der Waals surface area (Å²) >= 11 is 0. The lowest BCUT2D eigenvalue weighted by Crippen LogP contribution is -2.38. The van der Waals surface area contributed by atoms with E-state index >= 15 is 0 Å². The average Bonchev–Trinajstić information content (AvgIpc) is 2.79. The van der Waals surface area contributed by atoms with Gasteiger partial charge in [-0.25, -0.2) is 14.4 Å². The summed E-state index contributed by atoms with van der Waals surface area (Å²) in [6.07, 6.45) is 1.03. The van der Waals surface area contributed by atoms with Crippen LogP contribution in [-0.4, -0.2) is 60.2 Å². The Hall–Kier alpha value is -3.44. The zero-order chi connectivity index (χ0) is 24.3. The number of nitrogens with two attached hydrogens (primary N) is 1. The highest BCUT2D eigenvalue weighted by molar-refractivity contribution is 6.07. The first-order valence-electron chi connectivity index (χ1n) is 10.7. The van der Waals surface area contributed by atoms with Gasteiger partial charge in [-0.15, -0.1) is 0 Å². The highest BCUT2D eigenvalue weighted by atomic mass is 19.3.